The second kappa shape index (κ2) is 9.13. The smallest absolute Gasteiger partial charge is 0.0544 e. The Morgan fingerprint density at radius 3 is 3.05 bits per heavy atom. The van der Waals surface area contributed by atoms with Crippen LogP contribution in [0, 0.1) is 5.92 Å². The number of rotatable bonds is 8. The Bertz CT molecular complexity index is 392. The second-order valence-electron chi connectivity index (χ2n) is 6.03. The minimum atomic E-state index is 0.682. The van der Waals surface area contributed by atoms with E-state index in [0.717, 1.165) is 32.8 Å². The molecule has 21 heavy (non-hydrogen) atoms. The topological polar surface area (TPSA) is 37.4 Å². The molecule has 0 saturated carbocycles. The predicted octanol–water partition coefficient (Wildman–Crippen LogP) is 2.44. The first-order valence-electron chi connectivity index (χ1n) is 8.17. The van der Waals surface area contributed by atoms with E-state index >= 15 is 0 Å². The monoisotopic (exact) mass is 291 g/mol. The SMILES string of the molecule is CCCNCc1ccc(CN2CCCC(COC)C2)nc1. The highest BCUT2D eigenvalue weighted by atomic mass is 16.5. The van der Waals surface area contributed by atoms with Gasteiger partial charge in [-0.05, 0) is 49.9 Å². The third-order valence-electron chi connectivity index (χ3n) is 4.03. The van der Waals surface area contributed by atoms with Gasteiger partial charge >= 0.3 is 0 Å². The van der Waals surface area contributed by atoms with Crippen molar-refractivity contribution in [2.75, 3.05) is 33.4 Å². The lowest BCUT2D eigenvalue weighted by Crippen LogP contribution is -2.36. The summed E-state index contributed by atoms with van der Waals surface area (Å²) in [6.45, 7) is 8.33. The van der Waals surface area contributed by atoms with Gasteiger partial charge in [0.25, 0.3) is 0 Å². The summed E-state index contributed by atoms with van der Waals surface area (Å²) in [5.41, 5.74) is 2.44. The van der Waals surface area contributed by atoms with Gasteiger partial charge < -0.3 is 10.1 Å². The van der Waals surface area contributed by atoms with Gasteiger partial charge in [0.15, 0.2) is 0 Å². The van der Waals surface area contributed by atoms with Crippen LogP contribution in [0.2, 0.25) is 0 Å². The standard InChI is InChI=1S/C17H29N3O/c1-3-8-18-10-15-6-7-17(19-11-15)13-20-9-4-5-16(12-20)14-21-2/h6-7,11,16,18H,3-5,8-10,12-14H2,1-2H3. The van der Waals surface area contributed by atoms with Crippen molar-refractivity contribution in [3.05, 3.63) is 29.6 Å². The normalized spacial score (nSPS) is 19.8. The third kappa shape index (κ3) is 5.73. The van der Waals surface area contributed by atoms with E-state index < -0.39 is 0 Å². The zero-order valence-electron chi connectivity index (χ0n) is 13.5. The van der Waals surface area contributed by atoms with Gasteiger partial charge in [0.05, 0.1) is 12.3 Å². The largest absolute Gasteiger partial charge is 0.384 e. The molecule has 1 aromatic heterocycles. The highest BCUT2D eigenvalue weighted by Gasteiger charge is 2.19. The van der Waals surface area contributed by atoms with Crippen LogP contribution in [-0.2, 0) is 17.8 Å². The van der Waals surface area contributed by atoms with E-state index in [9.17, 15) is 0 Å². The van der Waals surface area contributed by atoms with Crippen LogP contribution < -0.4 is 5.32 Å². The van der Waals surface area contributed by atoms with E-state index in [-0.39, 0.29) is 0 Å². The second-order valence-corrected chi connectivity index (χ2v) is 6.03. The van der Waals surface area contributed by atoms with Crippen molar-refractivity contribution >= 4 is 0 Å². The molecule has 118 valence electrons. The van der Waals surface area contributed by atoms with Crippen LogP contribution in [0.25, 0.3) is 0 Å². The molecule has 0 aliphatic carbocycles. The molecule has 2 heterocycles. The van der Waals surface area contributed by atoms with Crippen LogP contribution in [0.15, 0.2) is 18.3 Å². The minimum Gasteiger partial charge on any atom is -0.384 e. The van der Waals surface area contributed by atoms with Crippen LogP contribution in [0.4, 0.5) is 0 Å². The van der Waals surface area contributed by atoms with Crippen LogP contribution in [-0.4, -0.2) is 43.2 Å². The molecule has 1 aliphatic heterocycles. The molecule has 1 saturated heterocycles. The Kier molecular flexibility index (Phi) is 7.13. The van der Waals surface area contributed by atoms with Crippen LogP contribution in [0.5, 0.6) is 0 Å². The zero-order chi connectivity index (χ0) is 14.9. The Morgan fingerprint density at radius 1 is 1.43 bits per heavy atom. The van der Waals surface area contributed by atoms with Gasteiger partial charge in [0, 0.05) is 32.9 Å². The van der Waals surface area contributed by atoms with Crippen LogP contribution in [0.1, 0.15) is 37.4 Å². The van der Waals surface area contributed by atoms with Gasteiger partial charge in [-0.2, -0.15) is 0 Å². The highest BCUT2D eigenvalue weighted by Crippen LogP contribution is 2.18. The maximum Gasteiger partial charge on any atom is 0.0544 e. The number of piperidine rings is 1. The van der Waals surface area contributed by atoms with Gasteiger partial charge in [0.2, 0.25) is 0 Å². The summed E-state index contributed by atoms with van der Waals surface area (Å²) in [5.74, 6) is 0.682. The molecule has 0 radical (unpaired) electrons. The van der Waals surface area contributed by atoms with Gasteiger partial charge in [-0.15, -0.1) is 0 Å². The molecule has 2 rings (SSSR count). The van der Waals surface area contributed by atoms with Gasteiger partial charge in [0.1, 0.15) is 0 Å². The number of likely N-dealkylation sites (tertiary alicyclic amines) is 1. The average molecular weight is 291 g/mol. The van der Waals surface area contributed by atoms with Crippen molar-refractivity contribution in [3.8, 4) is 0 Å². The fraction of sp³-hybridized carbons (Fsp3) is 0.706. The molecule has 1 unspecified atom stereocenters. The molecule has 0 aromatic carbocycles. The van der Waals surface area contributed by atoms with Crippen molar-refractivity contribution in [1.82, 2.24) is 15.2 Å². The molecule has 0 bridgehead atoms. The lowest BCUT2D eigenvalue weighted by molar-refractivity contribution is 0.0868. The summed E-state index contributed by atoms with van der Waals surface area (Å²) < 4.78 is 5.29. The highest BCUT2D eigenvalue weighted by molar-refractivity contribution is 5.14. The molecule has 1 aliphatic rings. The van der Waals surface area contributed by atoms with E-state index in [4.69, 9.17) is 4.74 Å². The first kappa shape index (κ1) is 16.4. The number of ether oxygens (including phenoxy) is 1. The van der Waals surface area contributed by atoms with E-state index in [1.165, 1.54) is 37.1 Å². The molecule has 4 nitrogen and oxygen atoms in total. The Labute approximate surface area is 128 Å². The lowest BCUT2D eigenvalue weighted by Gasteiger charge is -2.32. The third-order valence-corrected chi connectivity index (χ3v) is 4.03. The predicted molar refractivity (Wildman–Crippen MR) is 86.1 cm³/mol. The van der Waals surface area contributed by atoms with Gasteiger partial charge in [-0.3, -0.25) is 9.88 Å². The summed E-state index contributed by atoms with van der Waals surface area (Å²) in [5, 5.41) is 3.41. The van der Waals surface area contributed by atoms with Crippen molar-refractivity contribution < 1.29 is 4.74 Å². The number of nitrogens with zero attached hydrogens (tertiary/aromatic N) is 2. The number of nitrogens with one attached hydrogen (secondary N) is 1. The molecule has 4 heteroatoms. The van der Waals surface area contributed by atoms with Gasteiger partial charge in [-0.25, -0.2) is 0 Å². The van der Waals surface area contributed by atoms with E-state index in [1.807, 2.05) is 6.20 Å². The van der Waals surface area contributed by atoms with Crippen molar-refractivity contribution in [3.63, 3.8) is 0 Å². The summed E-state index contributed by atoms with van der Waals surface area (Å²) >= 11 is 0. The number of methoxy groups -OCH3 is 1. The molecule has 1 atom stereocenters. The Morgan fingerprint density at radius 2 is 2.33 bits per heavy atom. The summed E-state index contributed by atoms with van der Waals surface area (Å²) in [4.78, 5) is 7.11. The van der Waals surface area contributed by atoms with Crippen molar-refractivity contribution in [2.45, 2.75) is 39.3 Å². The average Bonchev–Trinajstić information content (AvgIpc) is 2.50. The first-order chi connectivity index (χ1) is 10.3. The zero-order valence-corrected chi connectivity index (χ0v) is 13.5. The number of hydrogen-bond donors (Lipinski definition) is 1. The fourth-order valence-corrected chi connectivity index (χ4v) is 2.96. The molecule has 0 spiro atoms. The molecule has 1 aromatic rings. The maximum absolute atomic E-state index is 5.29. The molecule has 1 N–H and O–H groups in total. The molecule has 1 fully saturated rings. The Hall–Kier alpha value is -0.970. The maximum atomic E-state index is 5.29. The van der Waals surface area contributed by atoms with Crippen molar-refractivity contribution in [2.24, 2.45) is 5.92 Å². The Balaban J connectivity index is 1.79. The van der Waals surface area contributed by atoms with Crippen LogP contribution >= 0.6 is 0 Å². The van der Waals surface area contributed by atoms with E-state index in [1.54, 1.807) is 7.11 Å². The summed E-state index contributed by atoms with van der Waals surface area (Å²) in [7, 11) is 1.80. The van der Waals surface area contributed by atoms with Gasteiger partial charge in [-0.1, -0.05) is 13.0 Å². The van der Waals surface area contributed by atoms with E-state index in [2.05, 4.69) is 34.3 Å². The number of hydrogen-bond acceptors (Lipinski definition) is 4. The fourth-order valence-electron chi connectivity index (χ4n) is 2.96. The minimum absolute atomic E-state index is 0.682. The molecular formula is C17H29N3O. The summed E-state index contributed by atoms with van der Waals surface area (Å²) in [6.07, 6.45) is 5.74. The molecular weight excluding hydrogens is 262 g/mol. The number of aromatic nitrogens is 1. The summed E-state index contributed by atoms with van der Waals surface area (Å²) in [6, 6.07) is 4.37. The lowest BCUT2D eigenvalue weighted by atomic mass is 9.99. The van der Waals surface area contributed by atoms with Crippen LogP contribution in [0.3, 0.4) is 0 Å². The van der Waals surface area contributed by atoms with Crippen molar-refractivity contribution in [1.29, 1.82) is 0 Å². The molecule has 0 amide bonds. The number of pyridine rings is 1. The first-order valence-corrected chi connectivity index (χ1v) is 8.17. The van der Waals surface area contributed by atoms with E-state index in [0.29, 0.717) is 5.92 Å². The quantitative estimate of drug-likeness (QED) is 0.747.